The number of benzene rings is 1. The van der Waals surface area contributed by atoms with Gasteiger partial charge in [0.1, 0.15) is 12.0 Å². The lowest BCUT2D eigenvalue weighted by atomic mass is 10.0. The number of phenols is 1. The zero-order valence-corrected chi connectivity index (χ0v) is 9.99. The molecule has 0 aliphatic heterocycles. The number of aldehydes is 2. The third kappa shape index (κ3) is 3.50. The van der Waals surface area contributed by atoms with Gasteiger partial charge in [-0.05, 0) is 23.6 Å². The minimum absolute atomic E-state index is 0.0251. The summed E-state index contributed by atoms with van der Waals surface area (Å²) in [5, 5.41) is 9.56. The van der Waals surface area contributed by atoms with Gasteiger partial charge in [0.15, 0.2) is 6.29 Å². The fraction of sp³-hybridized carbons (Fsp3) is 0.385. The average Bonchev–Trinajstić information content (AvgIpc) is 2.34. The Bertz CT molecular complexity index is 356. The molecule has 0 saturated heterocycles. The molecule has 0 aliphatic carbocycles. The Morgan fingerprint density at radius 2 is 1.88 bits per heavy atom. The topological polar surface area (TPSA) is 54.4 Å². The fourth-order valence-electron chi connectivity index (χ4n) is 1.36. The molecule has 16 heavy (non-hydrogen) atoms. The van der Waals surface area contributed by atoms with Crippen molar-refractivity contribution in [3.63, 3.8) is 0 Å². The molecule has 1 aromatic carbocycles. The van der Waals surface area contributed by atoms with Crippen molar-refractivity contribution in [3.05, 3.63) is 28.8 Å². The van der Waals surface area contributed by atoms with Gasteiger partial charge < -0.3 is 9.90 Å². The number of hydrogen-bond donors (Lipinski definition) is 1. The first-order valence-corrected chi connectivity index (χ1v) is 5.46. The lowest BCUT2D eigenvalue weighted by molar-refractivity contribution is -0.107. The Morgan fingerprint density at radius 3 is 2.31 bits per heavy atom. The summed E-state index contributed by atoms with van der Waals surface area (Å²) >= 11 is 0. The zero-order chi connectivity index (χ0) is 12.6. The van der Waals surface area contributed by atoms with E-state index < -0.39 is 0 Å². The van der Waals surface area contributed by atoms with Crippen molar-refractivity contribution >= 4 is 12.6 Å². The van der Waals surface area contributed by atoms with Gasteiger partial charge in [0.2, 0.25) is 0 Å². The summed E-state index contributed by atoms with van der Waals surface area (Å²) < 4.78 is 0. The van der Waals surface area contributed by atoms with Crippen molar-refractivity contribution in [1.82, 2.24) is 0 Å². The molecule has 0 saturated carbocycles. The van der Waals surface area contributed by atoms with Crippen LogP contribution in [0.25, 0.3) is 0 Å². The highest BCUT2D eigenvalue weighted by Gasteiger charge is 2.07. The van der Waals surface area contributed by atoms with E-state index in [0.29, 0.717) is 18.3 Å². The number of carbonyl (C=O) groups is 2. The van der Waals surface area contributed by atoms with Crippen LogP contribution >= 0.6 is 0 Å². The van der Waals surface area contributed by atoms with Gasteiger partial charge in [-0.15, -0.1) is 0 Å². The van der Waals surface area contributed by atoms with Gasteiger partial charge in [0, 0.05) is 6.42 Å². The van der Waals surface area contributed by atoms with E-state index in [2.05, 4.69) is 0 Å². The van der Waals surface area contributed by atoms with Gasteiger partial charge >= 0.3 is 0 Å². The van der Waals surface area contributed by atoms with Crippen molar-refractivity contribution in [1.29, 1.82) is 0 Å². The van der Waals surface area contributed by atoms with Crippen LogP contribution in [-0.4, -0.2) is 17.7 Å². The predicted molar refractivity (Wildman–Crippen MR) is 64.0 cm³/mol. The molecule has 3 heteroatoms. The minimum Gasteiger partial charge on any atom is -0.507 e. The quantitative estimate of drug-likeness (QED) is 0.796. The first-order chi connectivity index (χ1) is 7.72. The second kappa shape index (κ2) is 7.63. The molecular weight excluding hydrogens is 204 g/mol. The minimum atomic E-state index is 0.0251. The number of aryl methyl sites for hydroxylation is 1. The molecule has 0 radical (unpaired) electrons. The zero-order valence-electron chi connectivity index (χ0n) is 9.99. The monoisotopic (exact) mass is 222 g/mol. The maximum Gasteiger partial charge on any atom is 0.153 e. The SMILES string of the molecule is CC.CCc1cc(CC=O)cc(C=O)c1O. The number of hydrogen-bond acceptors (Lipinski definition) is 3. The number of carbonyl (C=O) groups excluding carboxylic acids is 2. The Labute approximate surface area is 96.1 Å². The van der Waals surface area contributed by atoms with Crippen molar-refractivity contribution in [2.75, 3.05) is 0 Å². The molecule has 0 aromatic heterocycles. The summed E-state index contributed by atoms with van der Waals surface area (Å²) in [4.78, 5) is 20.9. The van der Waals surface area contributed by atoms with Crippen molar-refractivity contribution in [2.45, 2.75) is 33.6 Å². The van der Waals surface area contributed by atoms with Crippen LogP contribution in [0, 0.1) is 0 Å². The Morgan fingerprint density at radius 1 is 1.25 bits per heavy atom. The van der Waals surface area contributed by atoms with Gasteiger partial charge in [-0.25, -0.2) is 0 Å². The van der Waals surface area contributed by atoms with Gasteiger partial charge in [-0.3, -0.25) is 4.79 Å². The highest BCUT2D eigenvalue weighted by atomic mass is 16.3. The average molecular weight is 222 g/mol. The summed E-state index contributed by atoms with van der Waals surface area (Å²) in [6.45, 7) is 5.88. The maximum atomic E-state index is 10.6. The van der Waals surface area contributed by atoms with Crippen LogP contribution in [0.1, 0.15) is 42.3 Å². The Kier molecular flexibility index (Phi) is 6.84. The molecular formula is C13H18O3. The Hall–Kier alpha value is -1.64. The van der Waals surface area contributed by atoms with E-state index in [4.69, 9.17) is 0 Å². The lowest BCUT2D eigenvalue weighted by Crippen LogP contribution is -1.94. The smallest absolute Gasteiger partial charge is 0.153 e. The van der Waals surface area contributed by atoms with Crippen molar-refractivity contribution < 1.29 is 14.7 Å². The molecule has 0 fully saturated rings. The van der Waals surface area contributed by atoms with Crippen LogP contribution in [0.2, 0.25) is 0 Å². The molecule has 1 N–H and O–H groups in total. The van der Waals surface area contributed by atoms with Crippen LogP contribution < -0.4 is 0 Å². The van der Waals surface area contributed by atoms with Gasteiger partial charge in [0.25, 0.3) is 0 Å². The summed E-state index contributed by atoms with van der Waals surface area (Å²) in [6.07, 6.45) is 2.29. The van der Waals surface area contributed by atoms with Crippen LogP contribution in [-0.2, 0) is 17.6 Å². The van der Waals surface area contributed by atoms with Gasteiger partial charge in [-0.2, -0.15) is 0 Å². The van der Waals surface area contributed by atoms with E-state index in [1.807, 2.05) is 20.8 Å². The van der Waals surface area contributed by atoms with Crippen LogP contribution in [0.5, 0.6) is 5.75 Å². The number of phenolic OH excluding ortho intramolecular Hbond substituents is 1. The van der Waals surface area contributed by atoms with Crippen LogP contribution in [0.4, 0.5) is 0 Å². The highest BCUT2D eigenvalue weighted by Crippen LogP contribution is 2.23. The van der Waals surface area contributed by atoms with Crippen LogP contribution in [0.3, 0.4) is 0 Å². The lowest BCUT2D eigenvalue weighted by Gasteiger charge is -2.06. The van der Waals surface area contributed by atoms with E-state index in [9.17, 15) is 14.7 Å². The third-order valence-corrected chi connectivity index (χ3v) is 2.11. The van der Waals surface area contributed by atoms with E-state index >= 15 is 0 Å². The van der Waals surface area contributed by atoms with E-state index in [-0.39, 0.29) is 17.7 Å². The second-order valence-corrected chi connectivity index (χ2v) is 3.03. The summed E-state index contributed by atoms with van der Waals surface area (Å²) in [6, 6.07) is 3.28. The summed E-state index contributed by atoms with van der Waals surface area (Å²) in [5.74, 6) is 0.0251. The van der Waals surface area contributed by atoms with Crippen LogP contribution in [0.15, 0.2) is 12.1 Å². The number of aromatic hydroxyl groups is 1. The Balaban J connectivity index is 0.00000106. The standard InChI is InChI=1S/C11H12O3.C2H6/c1-2-9-5-8(3-4-12)6-10(7-13)11(9)14;1-2/h4-7,14H,2-3H2,1H3;1-2H3. The highest BCUT2D eigenvalue weighted by molar-refractivity contribution is 5.80. The first kappa shape index (κ1) is 14.4. The predicted octanol–water partition coefficient (Wildman–Crippen LogP) is 2.53. The van der Waals surface area contributed by atoms with E-state index in [0.717, 1.165) is 11.8 Å². The van der Waals surface area contributed by atoms with Gasteiger partial charge in [0.05, 0.1) is 5.56 Å². The molecule has 1 aromatic rings. The molecule has 0 unspecified atom stereocenters. The third-order valence-electron chi connectivity index (χ3n) is 2.11. The molecule has 0 amide bonds. The van der Waals surface area contributed by atoms with E-state index in [1.165, 1.54) is 6.07 Å². The molecule has 1 rings (SSSR count). The molecule has 3 nitrogen and oxygen atoms in total. The van der Waals surface area contributed by atoms with Crippen molar-refractivity contribution in [3.8, 4) is 5.75 Å². The second-order valence-electron chi connectivity index (χ2n) is 3.03. The number of rotatable bonds is 4. The molecule has 88 valence electrons. The van der Waals surface area contributed by atoms with Crippen molar-refractivity contribution in [2.24, 2.45) is 0 Å². The summed E-state index contributed by atoms with van der Waals surface area (Å²) in [5.41, 5.74) is 1.71. The van der Waals surface area contributed by atoms with E-state index in [1.54, 1.807) is 6.07 Å². The molecule has 0 aliphatic rings. The molecule has 0 bridgehead atoms. The molecule has 0 atom stereocenters. The molecule has 0 spiro atoms. The maximum absolute atomic E-state index is 10.6. The van der Waals surface area contributed by atoms with Gasteiger partial charge in [-0.1, -0.05) is 26.8 Å². The fourth-order valence-corrected chi connectivity index (χ4v) is 1.36. The summed E-state index contributed by atoms with van der Waals surface area (Å²) in [7, 11) is 0. The molecule has 0 heterocycles. The first-order valence-electron chi connectivity index (χ1n) is 5.46. The largest absolute Gasteiger partial charge is 0.507 e. The normalized spacial score (nSPS) is 8.94.